The van der Waals surface area contributed by atoms with Crippen LogP contribution in [-0.2, 0) is 0 Å². The van der Waals surface area contributed by atoms with E-state index in [2.05, 4.69) is 112 Å². The molecule has 0 aliphatic carbocycles. The van der Waals surface area contributed by atoms with Crippen molar-refractivity contribution in [3.05, 3.63) is 145 Å². The topological polar surface area (TPSA) is 43.2 Å². The summed E-state index contributed by atoms with van der Waals surface area (Å²) in [6, 6.07) is 41.6. The molecule has 8 rings (SSSR count). The van der Waals surface area contributed by atoms with E-state index in [1.807, 2.05) is 42.6 Å². The Morgan fingerprint density at radius 1 is 0.537 bits per heavy atom. The third kappa shape index (κ3) is 3.95. The Bertz CT molecular complexity index is 2080. The van der Waals surface area contributed by atoms with Gasteiger partial charge in [0.15, 0.2) is 0 Å². The quantitative estimate of drug-likeness (QED) is 0.228. The van der Waals surface area contributed by atoms with Gasteiger partial charge < -0.3 is 9.64 Å². The third-order valence-corrected chi connectivity index (χ3v) is 7.52. The summed E-state index contributed by atoms with van der Waals surface area (Å²) < 4.78 is 8.42. The van der Waals surface area contributed by atoms with Gasteiger partial charge in [-0.3, -0.25) is 4.57 Å². The number of benzene rings is 4. The Hall–Kier alpha value is -5.68. The van der Waals surface area contributed by atoms with E-state index in [0.717, 1.165) is 50.8 Å². The Kier molecular flexibility index (Phi) is 5.38. The molecule has 4 heterocycles. The molecule has 194 valence electrons. The highest BCUT2D eigenvalue weighted by atomic mass is 16.5. The maximum absolute atomic E-state index is 6.17. The molecule has 0 bridgehead atoms. The van der Waals surface area contributed by atoms with Crippen LogP contribution in [0.4, 0.5) is 17.1 Å². The van der Waals surface area contributed by atoms with E-state index in [-0.39, 0.29) is 0 Å². The summed E-state index contributed by atoms with van der Waals surface area (Å²) >= 11 is 0. The molecule has 0 fully saturated rings. The van der Waals surface area contributed by atoms with Crippen molar-refractivity contribution in [2.24, 2.45) is 0 Å². The first-order valence-electron chi connectivity index (χ1n) is 13.6. The number of hydrogen-bond donors (Lipinski definition) is 0. The lowest BCUT2D eigenvalue weighted by atomic mass is 10.1. The first-order chi connectivity index (χ1) is 20.3. The molecule has 5 nitrogen and oxygen atoms in total. The molecular weight excluding hydrogens is 504 g/mol. The van der Waals surface area contributed by atoms with Crippen molar-refractivity contribution in [3.8, 4) is 17.4 Å². The SMILES string of the molecule is C1=Cc2ccc(Oc3ccccn3)cc2N(c2ccc3c4ccccc4n(-c4ccccn4)c3c2)c2ccccc21. The van der Waals surface area contributed by atoms with Crippen molar-refractivity contribution < 1.29 is 4.74 Å². The van der Waals surface area contributed by atoms with Gasteiger partial charge in [-0.2, -0.15) is 0 Å². The van der Waals surface area contributed by atoms with Crippen molar-refractivity contribution in [2.45, 2.75) is 0 Å². The molecule has 5 heteroatoms. The minimum absolute atomic E-state index is 0.560. The number of aromatic nitrogens is 3. The number of para-hydroxylation sites is 2. The van der Waals surface area contributed by atoms with Crippen LogP contribution in [0, 0.1) is 0 Å². The average Bonchev–Trinajstić information content (AvgIpc) is 3.26. The van der Waals surface area contributed by atoms with E-state index in [4.69, 9.17) is 9.72 Å². The summed E-state index contributed by atoms with van der Waals surface area (Å²) in [7, 11) is 0. The van der Waals surface area contributed by atoms with Gasteiger partial charge in [-0.15, -0.1) is 0 Å². The molecule has 7 aromatic rings. The molecule has 0 saturated carbocycles. The van der Waals surface area contributed by atoms with E-state index < -0.39 is 0 Å². The predicted molar refractivity (Wildman–Crippen MR) is 166 cm³/mol. The molecule has 0 radical (unpaired) electrons. The van der Waals surface area contributed by atoms with Gasteiger partial charge in [0, 0.05) is 41.0 Å². The van der Waals surface area contributed by atoms with Crippen molar-refractivity contribution in [3.63, 3.8) is 0 Å². The summed E-state index contributed by atoms with van der Waals surface area (Å²) in [4.78, 5) is 11.4. The van der Waals surface area contributed by atoms with E-state index >= 15 is 0 Å². The van der Waals surface area contributed by atoms with Crippen LogP contribution in [0.5, 0.6) is 11.6 Å². The standard InChI is InChI=1S/C36H24N4O/c1-3-11-31-25(9-1)15-16-26-17-19-28(41-36-14-6-8-22-38-36)24-33(26)39(31)27-18-20-30-29-10-2-4-12-32(29)40(34(30)23-27)35-13-5-7-21-37-35/h1-24H. The minimum atomic E-state index is 0.560. The molecule has 1 aliphatic rings. The lowest BCUT2D eigenvalue weighted by molar-refractivity contribution is 0.463. The Labute approximate surface area is 237 Å². The summed E-state index contributed by atoms with van der Waals surface area (Å²) in [5.41, 5.74) is 7.63. The third-order valence-electron chi connectivity index (χ3n) is 7.52. The summed E-state index contributed by atoms with van der Waals surface area (Å²) in [5.74, 6) is 2.18. The molecule has 41 heavy (non-hydrogen) atoms. The van der Waals surface area contributed by atoms with Crippen LogP contribution in [0.15, 0.2) is 134 Å². The largest absolute Gasteiger partial charge is 0.439 e. The van der Waals surface area contributed by atoms with E-state index in [1.54, 1.807) is 6.20 Å². The lowest BCUT2D eigenvalue weighted by Crippen LogP contribution is -2.12. The molecule has 0 spiro atoms. The molecule has 0 amide bonds. The van der Waals surface area contributed by atoms with Crippen LogP contribution in [0.25, 0.3) is 39.8 Å². The van der Waals surface area contributed by atoms with Gasteiger partial charge in [-0.25, -0.2) is 9.97 Å². The molecule has 1 aliphatic heterocycles. The first kappa shape index (κ1) is 23.2. The van der Waals surface area contributed by atoms with Crippen molar-refractivity contribution in [1.29, 1.82) is 0 Å². The second-order valence-electron chi connectivity index (χ2n) is 9.96. The van der Waals surface area contributed by atoms with Gasteiger partial charge in [0.05, 0.1) is 22.4 Å². The summed E-state index contributed by atoms with van der Waals surface area (Å²) in [6.45, 7) is 0. The van der Waals surface area contributed by atoms with Crippen LogP contribution in [0.2, 0.25) is 0 Å². The second-order valence-corrected chi connectivity index (χ2v) is 9.96. The van der Waals surface area contributed by atoms with E-state index in [0.29, 0.717) is 5.88 Å². The van der Waals surface area contributed by atoms with Gasteiger partial charge in [0.2, 0.25) is 5.88 Å². The van der Waals surface area contributed by atoms with Crippen molar-refractivity contribution >= 4 is 51.0 Å². The van der Waals surface area contributed by atoms with Crippen LogP contribution in [0.3, 0.4) is 0 Å². The molecular formula is C36H24N4O. The Balaban J connectivity index is 1.36. The Morgan fingerprint density at radius 3 is 2.15 bits per heavy atom. The van der Waals surface area contributed by atoms with Crippen molar-refractivity contribution in [2.75, 3.05) is 4.90 Å². The fourth-order valence-electron chi connectivity index (χ4n) is 5.70. The number of hydrogen-bond acceptors (Lipinski definition) is 4. The number of rotatable bonds is 4. The van der Waals surface area contributed by atoms with Crippen molar-refractivity contribution in [1.82, 2.24) is 14.5 Å². The smallest absolute Gasteiger partial charge is 0.219 e. The minimum Gasteiger partial charge on any atom is -0.439 e. The average molecular weight is 529 g/mol. The zero-order valence-electron chi connectivity index (χ0n) is 22.1. The number of anilines is 3. The van der Waals surface area contributed by atoms with Crippen LogP contribution >= 0.6 is 0 Å². The zero-order valence-corrected chi connectivity index (χ0v) is 22.1. The van der Waals surface area contributed by atoms with Gasteiger partial charge in [-0.1, -0.05) is 66.7 Å². The molecule has 0 unspecified atom stereocenters. The molecule has 0 atom stereocenters. The molecule has 3 aromatic heterocycles. The molecule has 0 N–H and O–H groups in total. The highest BCUT2D eigenvalue weighted by Gasteiger charge is 2.22. The number of pyridine rings is 2. The lowest BCUT2D eigenvalue weighted by Gasteiger charge is -2.27. The maximum Gasteiger partial charge on any atom is 0.219 e. The zero-order chi connectivity index (χ0) is 27.2. The van der Waals surface area contributed by atoms with E-state index in [1.165, 1.54) is 10.8 Å². The van der Waals surface area contributed by atoms with Gasteiger partial charge >= 0.3 is 0 Å². The van der Waals surface area contributed by atoms with Gasteiger partial charge in [0.25, 0.3) is 0 Å². The normalized spacial score (nSPS) is 12.2. The number of fused-ring (bicyclic) bond motifs is 5. The fraction of sp³-hybridized carbons (Fsp3) is 0. The Morgan fingerprint density at radius 2 is 1.29 bits per heavy atom. The summed E-state index contributed by atoms with van der Waals surface area (Å²) in [6.07, 6.45) is 7.93. The van der Waals surface area contributed by atoms with Gasteiger partial charge in [-0.05, 0) is 65.7 Å². The summed E-state index contributed by atoms with van der Waals surface area (Å²) in [5, 5.41) is 2.38. The van der Waals surface area contributed by atoms with Crippen LogP contribution in [0.1, 0.15) is 11.1 Å². The van der Waals surface area contributed by atoms with Gasteiger partial charge in [0.1, 0.15) is 11.6 Å². The number of nitrogens with zero attached hydrogens (tertiary/aromatic N) is 4. The molecule has 4 aromatic carbocycles. The number of ether oxygens (including phenoxy) is 1. The highest BCUT2D eigenvalue weighted by molar-refractivity contribution is 6.10. The monoisotopic (exact) mass is 528 g/mol. The van der Waals surface area contributed by atoms with Crippen LogP contribution < -0.4 is 9.64 Å². The van der Waals surface area contributed by atoms with E-state index in [9.17, 15) is 0 Å². The maximum atomic E-state index is 6.17. The second kappa shape index (κ2) is 9.50. The molecule has 0 saturated heterocycles. The van der Waals surface area contributed by atoms with Crippen LogP contribution in [-0.4, -0.2) is 14.5 Å². The fourth-order valence-corrected chi connectivity index (χ4v) is 5.70. The highest BCUT2D eigenvalue weighted by Crippen LogP contribution is 2.45. The predicted octanol–water partition coefficient (Wildman–Crippen LogP) is 9.32. The first-order valence-corrected chi connectivity index (χ1v) is 13.6.